The Morgan fingerprint density at radius 1 is 1.12 bits per heavy atom. The van der Waals surface area contributed by atoms with Gasteiger partial charge < -0.3 is 18.8 Å². The summed E-state index contributed by atoms with van der Waals surface area (Å²) in [4.78, 5) is 11.2. The summed E-state index contributed by atoms with van der Waals surface area (Å²) < 4.78 is 50.1. The van der Waals surface area contributed by atoms with E-state index in [9.17, 15) is 13.6 Å². The van der Waals surface area contributed by atoms with Crippen molar-refractivity contribution >= 4 is 18.6 Å². The van der Waals surface area contributed by atoms with Gasteiger partial charge in [-0.2, -0.15) is 0 Å². The van der Waals surface area contributed by atoms with E-state index in [0.717, 1.165) is 12.1 Å². The van der Waals surface area contributed by atoms with Gasteiger partial charge in [0.1, 0.15) is 0 Å². The molecule has 144 valence electrons. The molecule has 1 aliphatic rings. The Bertz CT molecular complexity index is 624. The van der Waals surface area contributed by atoms with Gasteiger partial charge in [-0.15, -0.1) is 0 Å². The summed E-state index contributed by atoms with van der Waals surface area (Å²) >= 11 is 0. The van der Waals surface area contributed by atoms with Gasteiger partial charge in [-0.3, -0.25) is 4.79 Å². The Labute approximate surface area is 153 Å². The van der Waals surface area contributed by atoms with Gasteiger partial charge in [0.2, 0.25) is 0 Å². The van der Waals surface area contributed by atoms with Crippen LogP contribution in [0.5, 0.6) is 5.75 Å². The average molecular weight is 370 g/mol. The molecule has 0 N–H and O–H groups in total. The predicted octanol–water partition coefficient (Wildman–Crippen LogP) is 2.99. The first-order valence-corrected chi connectivity index (χ1v) is 8.70. The highest BCUT2D eigenvalue weighted by atomic mass is 19.1. The first kappa shape index (κ1) is 20.6. The van der Waals surface area contributed by atoms with E-state index in [1.807, 2.05) is 27.7 Å². The standard InChI is InChI=1S/C18H25BF2O5/c1-6-23-15(22)8-7-9-24-16-13(20)10-12(11-14(16)21)19-25-17(2,3)18(4,5)26-19/h10-11H,6-9H2,1-5H3. The molecule has 0 aliphatic carbocycles. The van der Waals surface area contributed by atoms with Crippen LogP contribution >= 0.6 is 0 Å². The van der Waals surface area contributed by atoms with Crippen LogP contribution in [0.4, 0.5) is 8.78 Å². The second-order valence-electron chi connectivity index (χ2n) is 7.16. The van der Waals surface area contributed by atoms with Crippen LogP contribution in [0.3, 0.4) is 0 Å². The summed E-state index contributed by atoms with van der Waals surface area (Å²) in [6.07, 6.45) is 0.430. The van der Waals surface area contributed by atoms with E-state index < -0.39 is 35.7 Å². The third kappa shape index (κ3) is 4.54. The molecule has 26 heavy (non-hydrogen) atoms. The van der Waals surface area contributed by atoms with Crippen molar-refractivity contribution in [2.75, 3.05) is 13.2 Å². The topological polar surface area (TPSA) is 54.0 Å². The lowest BCUT2D eigenvalue weighted by molar-refractivity contribution is -0.143. The van der Waals surface area contributed by atoms with Crippen molar-refractivity contribution in [1.29, 1.82) is 0 Å². The molecular weight excluding hydrogens is 345 g/mol. The summed E-state index contributed by atoms with van der Waals surface area (Å²) in [5.74, 6) is -2.53. The molecular formula is C18H25BF2O5. The van der Waals surface area contributed by atoms with Crippen LogP contribution in [0.15, 0.2) is 12.1 Å². The van der Waals surface area contributed by atoms with Crippen molar-refractivity contribution in [1.82, 2.24) is 0 Å². The normalized spacial score (nSPS) is 18.0. The Morgan fingerprint density at radius 2 is 1.65 bits per heavy atom. The van der Waals surface area contributed by atoms with E-state index >= 15 is 0 Å². The Morgan fingerprint density at radius 3 is 2.15 bits per heavy atom. The van der Waals surface area contributed by atoms with E-state index in [4.69, 9.17) is 18.8 Å². The van der Waals surface area contributed by atoms with Gasteiger partial charge >= 0.3 is 13.1 Å². The number of esters is 1. The van der Waals surface area contributed by atoms with Gasteiger partial charge in [-0.1, -0.05) is 0 Å². The second kappa shape index (κ2) is 7.92. The lowest BCUT2D eigenvalue weighted by Crippen LogP contribution is -2.41. The third-order valence-corrected chi connectivity index (χ3v) is 4.62. The van der Waals surface area contributed by atoms with Crippen LogP contribution in [-0.2, 0) is 18.8 Å². The van der Waals surface area contributed by atoms with Gasteiger partial charge in [0.05, 0.1) is 24.4 Å². The molecule has 1 heterocycles. The Kier molecular flexibility index (Phi) is 6.29. The number of ether oxygens (including phenoxy) is 2. The summed E-state index contributed by atoms with van der Waals surface area (Å²) in [5, 5.41) is 0. The zero-order chi connectivity index (χ0) is 19.5. The monoisotopic (exact) mass is 370 g/mol. The fourth-order valence-corrected chi connectivity index (χ4v) is 2.46. The number of halogens is 2. The van der Waals surface area contributed by atoms with Gasteiger partial charge in [-0.25, -0.2) is 8.78 Å². The Balaban J connectivity index is 2.01. The summed E-state index contributed by atoms with van der Waals surface area (Å²) in [6.45, 7) is 9.45. The Hall–Kier alpha value is -1.67. The molecule has 5 nitrogen and oxygen atoms in total. The van der Waals surface area contributed by atoms with Crippen molar-refractivity contribution in [2.45, 2.75) is 58.7 Å². The van der Waals surface area contributed by atoms with Crippen molar-refractivity contribution in [3.05, 3.63) is 23.8 Å². The van der Waals surface area contributed by atoms with Crippen LogP contribution in [-0.4, -0.2) is 37.5 Å². The van der Waals surface area contributed by atoms with E-state index in [2.05, 4.69) is 0 Å². The van der Waals surface area contributed by atoms with Gasteiger partial charge in [0.15, 0.2) is 17.4 Å². The number of rotatable bonds is 7. The fraction of sp³-hybridized carbons (Fsp3) is 0.611. The maximum atomic E-state index is 14.3. The van der Waals surface area contributed by atoms with Gasteiger partial charge in [0, 0.05) is 6.42 Å². The quantitative estimate of drug-likeness (QED) is 0.420. The van der Waals surface area contributed by atoms with Gasteiger partial charge in [0.25, 0.3) is 0 Å². The average Bonchev–Trinajstić information content (AvgIpc) is 2.74. The smallest absolute Gasteiger partial charge is 0.488 e. The molecule has 0 amide bonds. The zero-order valence-electron chi connectivity index (χ0n) is 15.9. The highest BCUT2D eigenvalue weighted by molar-refractivity contribution is 6.62. The molecule has 2 rings (SSSR count). The van der Waals surface area contributed by atoms with Crippen molar-refractivity contribution in [3.8, 4) is 5.75 Å². The van der Waals surface area contributed by atoms with Crippen LogP contribution in [0.2, 0.25) is 0 Å². The number of hydrogen-bond acceptors (Lipinski definition) is 5. The lowest BCUT2D eigenvalue weighted by Gasteiger charge is -2.32. The van der Waals surface area contributed by atoms with Crippen LogP contribution in [0, 0.1) is 11.6 Å². The summed E-state index contributed by atoms with van der Waals surface area (Å²) in [5.41, 5.74) is -0.961. The molecule has 0 unspecified atom stereocenters. The minimum Gasteiger partial charge on any atom is -0.488 e. The minimum absolute atomic E-state index is 0.00247. The number of benzene rings is 1. The van der Waals surface area contributed by atoms with Crippen molar-refractivity contribution in [3.63, 3.8) is 0 Å². The first-order chi connectivity index (χ1) is 12.1. The molecule has 0 radical (unpaired) electrons. The molecule has 0 spiro atoms. The van der Waals surface area contributed by atoms with Gasteiger partial charge in [-0.05, 0) is 58.6 Å². The second-order valence-corrected chi connectivity index (χ2v) is 7.16. The molecule has 0 saturated carbocycles. The predicted molar refractivity (Wildman–Crippen MR) is 93.4 cm³/mol. The molecule has 0 aromatic heterocycles. The minimum atomic E-state index is -0.859. The van der Waals surface area contributed by atoms with Crippen LogP contribution in [0.1, 0.15) is 47.5 Å². The van der Waals surface area contributed by atoms with Crippen molar-refractivity contribution < 1.29 is 32.4 Å². The SMILES string of the molecule is CCOC(=O)CCCOc1c(F)cc(B2OC(C)(C)C(C)(C)O2)cc1F. The molecule has 0 atom stereocenters. The number of hydrogen-bond donors (Lipinski definition) is 0. The molecule has 0 bridgehead atoms. The highest BCUT2D eigenvalue weighted by Gasteiger charge is 2.52. The number of carbonyl (C=O) groups is 1. The van der Waals surface area contributed by atoms with Crippen molar-refractivity contribution in [2.24, 2.45) is 0 Å². The molecule has 1 aromatic rings. The maximum absolute atomic E-state index is 14.3. The zero-order valence-corrected chi connectivity index (χ0v) is 15.9. The van der Waals surface area contributed by atoms with Crippen LogP contribution < -0.4 is 10.2 Å². The molecule has 8 heteroatoms. The first-order valence-electron chi connectivity index (χ1n) is 8.70. The van der Waals surface area contributed by atoms with E-state index in [0.29, 0.717) is 13.0 Å². The van der Waals surface area contributed by atoms with E-state index in [1.54, 1.807) is 6.92 Å². The number of carbonyl (C=O) groups excluding carboxylic acids is 1. The summed E-state index contributed by atoms with van der Waals surface area (Å²) in [7, 11) is -0.859. The van der Waals surface area contributed by atoms with E-state index in [1.165, 1.54) is 0 Å². The maximum Gasteiger partial charge on any atom is 0.495 e. The fourth-order valence-electron chi connectivity index (χ4n) is 2.46. The third-order valence-electron chi connectivity index (χ3n) is 4.62. The molecule has 1 saturated heterocycles. The molecule has 1 aromatic carbocycles. The van der Waals surface area contributed by atoms with E-state index in [-0.39, 0.29) is 24.5 Å². The largest absolute Gasteiger partial charge is 0.495 e. The molecule has 1 fully saturated rings. The van der Waals surface area contributed by atoms with Crippen LogP contribution in [0.25, 0.3) is 0 Å². The highest BCUT2D eigenvalue weighted by Crippen LogP contribution is 2.36. The lowest BCUT2D eigenvalue weighted by atomic mass is 9.79. The molecule has 1 aliphatic heterocycles. The summed E-state index contributed by atoms with van der Waals surface area (Å²) in [6, 6.07) is 2.29.